The summed E-state index contributed by atoms with van der Waals surface area (Å²) < 4.78 is 0. The Kier molecular flexibility index (Phi) is 2.65. The molecule has 0 aromatic carbocycles. The van der Waals surface area contributed by atoms with Gasteiger partial charge in [-0.05, 0) is 6.92 Å². The van der Waals surface area contributed by atoms with Gasteiger partial charge in [-0.2, -0.15) is 0 Å². The number of rotatable bonds is 2. The zero-order valence-electron chi connectivity index (χ0n) is 7.04. The van der Waals surface area contributed by atoms with Crippen LogP contribution in [0.15, 0.2) is 0 Å². The number of hydrazine groups is 1. The Hall–Kier alpha value is -1.10. The van der Waals surface area contributed by atoms with Gasteiger partial charge in [-0.1, -0.05) is 0 Å². The van der Waals surface area contributed by atoms with Crippen molar-refractivity contribution in [3.8, 4) is 0 Å². The largest absolute Gasteiger partial charge is 0.342 e. The van der Waals surface area contributed by atoms with Crippen molar-refractivity contribution >= 4 is 11.8 Å². The maximum absolute atomic E-state index is 11.1. The van der Waals surface area contributed by atoms with Gasteiger partial charge in [0.1, 0.15) is 0 Å². The van der Waals surface area contributed by atoms with E-state index in [1.165, 1.54) is 0 Å². The van der Waals surface area contributed by atoms with Crippen LogP contribution in [-0.2, 0) is 9.59 Å². The van der Waals surface area contributed by atoms with Crippen LogP contribution in [0.4, 0.5) is 0 Å². The first-order chi connectivity index (χ1) is 5.69. The fraction of sp³-hybridized carbons (Fsp3) is 0.714. The first kappa shape index (κ1) is 8.99. The fourth-order valence-electron chi connectivity index (χ4n) is 1.37. The second-order valence-electron chi connectivity index (χ2n) is 2.84. The van der Waals surface area contributed by atoms with E-state index in [4.69, 9.17) is 5.84 Å². The summed E-state index contributed by atoms with van der Waals surface area (Å²) in [5.74, 6) is 4.48. The zero-order chi connectivity index (χ0) is 9.14. The number of carbonyl (C=O) groups is 2. The molecule has 1 atom stereocenters. The molecule has 5 heteroatoms. The van der Waals surface area contributed by atoms with Gasteiger partial charge in [0.05, 0.1) is 5.92 Å². The second kappa shape index (κ2) is 3.53. The molecule has 0 aromatic rings. The van der Waals surface area contributed by atoms with E-state index >= 15 is 0 Å². The van der Waals surface area contributed by atoms with E-state index in [-0.39, 0.29) is 24.2 Å². The summed E-state index contributed by atoms with van der Waals surface area (Å²) in [6.07, 6.45) is 0.289. The molecule has 3 N–H and O–H groups in total. The van der Waals surface area contributed by atoms with Gasteiger partial charge in [-0.15, -0.1) is 0 Å². The number of hydrogen-bond donors (Lipinski definition) is 2. The number of nitrogens with one attached hydrogen (secondary N) is 1. The van der Waals surface area contributed by atoms with E-state index in [0.717, 1.165) is 0 Å². The predicted molar refractivity (Wildman–Crippen MR) is 42.7 cm³/mol. The minimum Gasteiger partial charge on any atom is -0.342 e. The van der Waals surface area contributed by atoms with E-state index < -0.39 is 0 Å². The average Bonchev–Trinajstić information content (AvgIpc) is 2.45. The first-order valence-electron chi connectivity index (χ1n) is 3.97. The number of amides is 2. The van der Waals surface area contributed by atoms with Crippen molar-refractivity contribution in [2.45, 2.75) is 13.3 Å². The Morgan fingerprint density at radius 1 is 1.83 bits per heavy atom. The lowest BCUT2D eigenvalue weighted by Crippen LogP contribution is -2.37. The molecule has 1 aliphatic rings. The Morgan fingerprint density at radius 3 is 2.92 bits per heavy atom. The van der Waals surface area contributed by atoms with Gasteiger partial charge >= 0.3 is 0 Å². The summed E-state index contributed by atoms with van der Waals surface area (Å²) in [4.78, 5) is 23.8. The molecule has 1 unspecified atom stereocenters. The molecule has 1 saturated heterocycles. The normalized spacial score (nSPS) is 23.0. The summed E-state index contributed by atoms with van der Waals surface area (Å²) in [5.41, 5.74) is 2.05. The average molecular weight is 171 g/mol. The molecule has 68 valence electrons. The van der Waals surface area contributed by atoms with Crippen molar-refractivity contribution in [3.05, 3.63) is 0 Å². The van der Waals surface area contributed by atoms with Crippen LogP contribution in [0.3, 0.4) is 0 Å². The maximum Gasteiger partial charge on any atom is 0.239 e. The highest BCUT2D eigenvalue weighted by Gasteiger charge is 2.32. The number of carbonyl (C=O) groups excluding carboxylic acids is 2. The summed E-state index contributed by atoms with van der Waals surface area (Å²) >= 11 is 0. The van der Waals surface area contributed by atoms with E-state index in [9.17, 15) is 9.59 Å². The van der Waals surface area contributed by atoms with E-state index in [1.807, 2.05) is 6.92 Å². The summed E-state index contributed by atoms with van der Waals surface area (Å²) in [6, 6.07) is 0. The first-order valence-corrected chi connectivity index (χ1v) is 3.97. The quantitative estimate of drug-likeness (QED) is 0.313. The van der Waals surface area contributed by atoms with Crippen LogP contribution >= 0.6 is 0 Å². The molecule has 0 bridgehead atoms. The van der Waals surface area contributed by atoms with Crippen LogP contribution in [0, 0.1) is 5.92 Å². The van der Waals surface area contributed by atoms with Gasteiger partial charge in [-0.3, -0.25) is 15.0 Å². The Balaban J connectivity index is 2.54. The lowest BCUT2D eigenvalue weighted by Gasteiger charge is -2.12. The summed E-state index contributed by atoms with van der Waals surface area (Å²) in [7, 11) is 0. The van der Waals surface area contributed by atoms with Crippen molar-refractivity contribution in [3.63, 3.8) is 0 Å². The Morgan fingerprint density at radius 2 is 2.50 bits per heavy atom. The monoisotopic (exact) mass is 171 g/mol. The van der Waals surface area contributed by atoms with Crippen molar-refractivity contribution in [1.29, 1.82) is 0 Å². The SMILES string of the molecule is CCN1CC(C(=O)NN)CC1=O. The van der Waals surface area contributed by atoms with Gasteiger partial charge in [-0.25, -0.2) is 5.84 Å². The molecule has 0 radical (unpaired) electrons. The topological polar surface area (TPSA) is 75.4 Å². The minimum atomic E-state index is -0.262. The second-order valence-corrected chi connectivity index (χ2v) is 2.84. The van der Waals surface area contributed by atoms with Gasteiger partial charge in [0, 0.05) is 19.5 Å². The highest BCUT2D eigenvalue weighted by atomic mass is 16.2. The highest BCUT2D eigenvalue weighted by Crippen LogP contribution is 2.16. The van der Waals surface area contributed by atoms with Crippen LogP contribution in [0.1, 0.15) is 13.3 Å². The zero-order valence-corrected chi connectivity index (χ0v) is 7.04. The molecule has 0 spiro atoms. The van der Waals surface area contributed by atoms with Crippen LogP contribution in [-0.4, -0.2) is 29.8 Å². The van der Waals surface area contributed by atoms with Crippen LogP contribution in [0.25, 0.3) is 0 Å². The standard InChI is InChI=1S/C7H13N3O2/c1-2-10-4-5(3-6(10)11)7(12)9-8/h5H,2-4,8H2,1H3,(H,9,12). The molecular weight excluding hydrogens is 158 g/mol. The molecule has 1 aliphatic heterocycles. The summed E-state index contributed by atoms with van der Waals surface area (Å²) in [5, 5.41) is 0. The molecular formula is C7H13N3O2. The van der Waals surface area contributed by atoms with Crippen molar-refractivity contribution in [2.24, 2.45) is 11.8 Å². The van der Waals surface area contributed by atoms with Crippen molar-refractivity contribution < 1.29 is 9.59 Å². The van der Waals surface area contributed by atoms with Crippen molar-refractivity contribution in [2.75, 3.05) is 13.1 Å². The summed E-state index contributed by atoms with van der Waals surface area (Å²) in [6.45, 7) is 3.05. The molecule has 1 rings (SSSR count). The Labute approximate surface area is 70.9 Å². The number of likely N-dealkylation sites (tertiary alicyclic amines) is 1. The minimum absolute atomic E-state index is 0.0334. The third-order valence-corrected chi connectivity index (χ3v) is 2.11. The van der Waals surface area contributed by atoms with Crippen LogP contribution in [0.2, 0.25) is 0 Å². The van der Waals surface area contributed by atoms with Gasteiger partial charge < -0.3 is 4.90 Å². The molecule has 5 nitrogen and oxygen atoms in total. The maximum atomic E-state index is 11.1. The van der Waals surface area contributed by atoms with Crippen molar-refractivity contribution in [1.82, 2.24) is 10.3 Å². The molecule has 12 heavy (non-hydrogen) atoms. The lowest BCUT2D eigenvalue weighted by molar-refractivity contribution is -0.128. The number of hydrogen-bond acceptors (Lipinski definition) is 3. The van der Waals surface area contributed by atoms with E-state index in [2.05, 4.69) is 5.43 Å². The molecule has 0 aromatic heterocycles. The molecule has 0 aliphatic carbocycles. The van der Waals surface area contributed by atoms with Gasteiger partial charge in [0.2, 0.25) is 11.8 Å². The van der Waals surface area contributed by atoms with E-state index in [1.54, 1.807) is 4.90 Å². The predicted octanol–water partition coefficient (Wildman–Crippen LogP) is -1.16. The molecule has 1 fully saturated rings. The smallest absolute Gasteiger partial charge is 0.239 e. The van der Waals surface area contributed by atoms with Crippen LogP contribution in [0.5, 0.6) is 0 Å². The van der Waals surface area contributed by atoms with Gasteiger partial charge in [0.15, 0.2) is 0 Å². The van der Waals surface area contributed by atoms with E-state index in [0.29, 0.717) is 13.1 Å². The molecule has 0 saturated carbocycles. The number of nitrogens with zero attached hydrogens (tertiary/aromatic N) is 1. The molecule has 2 amide bonds. The fourth-order valence-corrected chi connectivity index (χ4v) is 1.37. The Bertz CT molecular complexity index is 203. The third-order valence-electron chi connectivity index (χ3n) is 2.11. The van der Waals surface area contributed by atoms with Gasteiger partial charge in [0.25, 0.3) is 0 Å². The third kappa shape index (κ3) is 1.55. The molecule has 1 heterocycles. The van der Waals surface area contributed by atoms with Crippen LogP contribution < -0.4 is 11.3 Å². The highest BCUT2D eigenvalue weighted by molar-refractivity contribution is 5.88. The lowest BCUT2D eigenvalue weighted by atomic mass is 10.1. The number of nitrogens with two attached hydrogens (primary N) is 1.